The van der Waals surface area contributed by atoms with Gasteiger partial charge in [-0.15, -0.1) is 0 Å². The molecule has 0 aliphatic carbocycles. The first kappa shape index (κ1) is 15.4. The SMILES string of the molecule is OCCN(Cc1cccc(F)c1Br)CC(F)(F)F. The van der Waals surface area contributed by atoms with Crippen LogP contribution in [-0.4, -0.2) is 35.9 Å². The summed E-state index contributed by atoms with van der Waals surface area (Å²) < 4.78 is 50.3. The second kappa shape index (κ2) is 6.49. The van der Waals surface area contributed by atoms with Crippen LogP contribution in [0.1, 0.15) is 5.56 Å². The Bertz CT molecular complexity index is 397. The molecule has 1 aromatic rings. The van der Waals surface area contributed by atoms with Gasteiger partial charge in [-0.25, -0.2) is 4.39 Å². The van der Waals surface area contributed by atoms with Gasteiger partial charge in [0, 0.05) is 13.1 Å². The van der Waals surface area contributed by atoms with Crippen LogP contribution in [0.4, 0.5) is 17.6 Å². The molecule has 0 heterocycles. The van der Waals surface area contributed by atoms with Crippen molar-refractivity contribution in [3.63, 3.8) is 0 Å². The third-order valence-corrected chi connectivity index (χ3v) is 3.13. The average molecular weight is 330 g/mol. The highest BCUT2D eigenvalue weighted by Gasteiger charge is 2.30. The fourth-order valence-electron chi connectivity index (χ4n) is 1.52. The predicted molar refractivity (Wildman–Crippen MR) is 62.5 cm³/mol. The van der Waals surface area contributed by atoms with Gasteiger partial charge in [0.05, 0.1) is 17.6 Å². The van der Waals surface area contributed by atoms with Gasteiger partial charge < -0.3 is 5.11 Å². The summed E-state index contributed by atoms with van der Waals surface area (Å²) in [5, 5.41) is 8.74. The number of aliphatic hydroxyl groups is 1. The molecule has 102 valence electrons. The van der Waals surface area contributed by atoms with Crippen LogP contribution in [-0.2, 0) is 6.54 Å². The molecule has 0 bridgehead atoms. The molecular formula is C11H12BrF4NO. The number of nitrogens with zero attached hydrogens (tertiary/aromatic N) is 1. The van der Waals surface area contributed by atoms with E-state index in [9.17, 15) is 17.6 Å². The van der Waals surface area contributed by atoms with Gasteiger partial charge in [0.1, 0.15) is 5.82 Å². The molecule has 0 spiro atoms. The Morgan fingerprint density at radius 1 is 1.28 bits per heavy atom. The summed E-state index contributed by atoms with van der Waals surface area (Å²) in [6, 6.07) is 4.18. The summed E-state index contributed by atoms with van der Waals surface area (Å²) in [5.74, 6) is -0.525. The summed E-state index contributed by atoms with van der Waals surface area (Å²) in [6.45, 7) is -1.74. The lowest BCUT2D eigenvalue weighted by atomic mass is 10.2. The normalized spacial score (nSPS) is 12.2. The van der Waals surface area contributed by atoms with Crippen molar-refractivity contribution in [3.05, 3.63) is 34.1 Å². The Balaban J connectivity index is 2.80. The molecule has 0 aliphatic heterocycles. The van der Waals surface area contributed by atoms with Gasteiger partial charge >= 0.3 is 6.18 Å². The highest BCUT2D eigenvalue weighted by molar-refractivity contribution is 9.10. The van der Waals surface area contributed by atoms with E-state index in [4.69, 9.17) is 5.11 Å². The van der Waals surface area contributed by atoms with Crippen LogP contribution >= 0.6 is 15.9 Å². The first-order valence-electron chi connectivity index (χ1n) is 5.16. The Hall–Kier alpha value is -0.660. The molecule has 1 N–H and O–H groups in total. The fraction of sp³-hybridized carbons (Fsp3) is 0.455. The molecule has 0 fully saturated rings. The Morgan fingerprint density at radius 2 is 1.94 bits per heavy atom. The third-order valence-electron chi connectivity index (χ3n) is 2.24. The van der Waals surface area contributed by atoms with E-state index in [2.05, 4.69) is 15.9 Å². The largest absolute Gasteiger partial charge is 0.401 e. The van der Waals surface area contributed by atoms with Gasteiger partial charge in [0.15, 0.2) is 0 Å². The van der Waals surface area contributed by atoms with E-state index in [1.807, 2.05) is 0 Å². The van der Waals surface area contributed by atoms with Crippen molar-refractivity contribution in [1.29, 1.82) is 0 Å². The van der Waals surface area contributed by atoms with E-state index in [-0.39, 0.29) is 24.2 Å². The Kier molecular flexibility index (Phi) is 5.55. The first-order valence-corrected chi connectivity index (χ1v) is 5.95. The monoisotopic (exact) mass is 329 g/mol. The molecule has 0 aromatic heterocycles. The average Bonchev–Trinajstić information content (AvgIpc) is 2.23. The lowest BCUT2D eigenvalue weighted by Crippen LogP contribution is -2.35. The molecule has 1 aromatic carbocycles. The van der Waals surface area contributed by atoms with Crippen LogP contribution in [0.5, 0.6) is 0 Å². The second-order valence-electron chi connectivity index (χ2n) is 3.76. The molecule has 0 unspecified atom stereocenters. The molecule has 2 nitrogen and oxygen atoms in total. The van der Waals surface area contributed by atoms with Crippen molar-refractivity contribution < 1.29 is 22.7 Å². The Labute approximate surface area is 110 Å². The summed E-state index contributed by atoms with van der Waals surface area (Å²) in [7, 11) is 0. The van der Waals surface area contributed by atoms with Gasteiger partial charge in [0.2, 0.25) is 0 Å². The quantitative estimate of drug-likeness (QED) is 0.839. The van der Waals surface area contributed by atoms with Crippen molar-refractivity contribution in [2.45, 2.75) is 12.7 Å². The first-order chi connectivity index (χ1) is 8.33. The number of rotatable bonds is 5. The fourth-order valence-corrected chi connectivity index (χ4v) is 1.91. The van der Waals surface area contributed by atoms with Crippen LogP contribution in [0.2, 0.25) is 0 Å². The molecule has 18 heavy (non-hydrogen) atoms. The second-order valence-corrected chi connectivity index (χ2v) is 4.56. The van der Waals surface area contributed by atoms with E-state index in [1.165, 1.54) is 18.2 Å². The van der Waals surface area contributed by atoms with Gasteiger partial charge in [-0.05, 0) is 27.6 Å². The summed E-state index contributed by atoms with van der Waals surface area (Å²) in [6.07, 6.45) is -4.35. The maximum atomic E-state index is 13.2. The lowest BCUT2D eigenvalue weighted by Gasteiger charge is -2.23. The minimum atomic E-state index is -4.35. The van der Waals surface area contributed by atoms with Crippen molar-refractivity contribution in [2.75, 3.05) is 19.7 Å². The summed E-state index contributed by atoms with van der Waals surface area (Å²) >= 11 is 2.99. The molecule has 7 heteroatoms. The molecule has 0 saturated heterocycles. The molecule has 0 saturated carbocycles. The van der Waals surface area contributed by atoms with E-state index >= 15 is 0 Å². The number of alkyl halides is 3. The summed E-state index contributed by atoms with van der Waals surface area (Å²) in [4.78, 5) is 1.01. The van der Waals surface area contributed by atoms with Crippen molar-refractivity contribution >= 4 is 15.9 Å². The van der Waals surface area contributed by atoms with Crippen LogP contribution in [0.3, 0.4) is 0 Å². The highest BCUT2D eigenvalue weighted by atomic mass is 79.9. The summed E-state index contributed by atoms with van der Waals surface area (Å²) in [5.41, 5.74) is 0.410. The molecule has 0 aliphatic rings. The number of aliphatic hydroxyl groups excluding tert-OH is 1. The van der Waals surface area contributed by atoms with E-state index in [1.54, 1.807) is 0 Å². The number of hydrogen-bond acceptors (Lipinski definition) is 2. The predicted octanol–water partition coefficient (Wildman–Crippen LogP) is 2.94. The standard InChI is InChI=1S/C11H12BrF4NO/c12-10-8(2-1-3-9(10)13)6-17(4-5-18)7-11(14,15)16/h1-3,18H,4-7H2. The number of benzene rings is 1. The minimum Gasteiger partial charge on any atom is -0.395 e. The van der Waals surface area contributed by atoms with Gasteiger partial charge in [-0.1, -0.05) is 12.1 Å². The molecule has 1 rings (SSSR count). The number of hydrogen-bond donors (Lipinski definition) is 1. The lowest BCUT2D eigenvalue weighted by molar-refractivity contribution is -0.148. The smallest absolute Gasteiger partial charge is 0.395 e. The van der Waals surface area contributed by atoms with E-state index in [0.29, 0.717) is 5.56 Å². The molecule has 0 amide bonds. The van der Waals surface area contributed by atoms with Crippen LogP contribution in [0, 0.1) is 5.82 Å². The van der Waals surface area contributed by atoms with Gasteiger partial charge in [-0.2, -0.15) is 13.2 Å². The van der Waals surface area contributed by atoms with Gasteiger partial charge in [-0.3, -0.25) is 4.90 Å². The maximum Gasteiger partial charge on any atom is 0.401 e. The third kappa shape index (κ3) is 4.91. The maximum absolute atomic E-state index is 13.2. The molecule has 0 radical (unpaired) electrons. The van der Waals surface area contributed by atoms with E-state index in [0.717, 1.165) is 4.90 Å². The van der Waals surface area contributed by atoms with Crippen molar-refractivity contribution in [1.82, 2.24) is 4.90 Å². The Morgan fingerprint density at radius 3 is 2.50 bits per heavy atom. The highest BCUT2D eigenvalue weighted by Crippen LogP contribution is 2.23. The molecule has 0 atom stereocenters. The zero-order chi connectivity index (χ0) is 13.8. The zero-order valence-corrected chi connectivity index (χ0v) is 10.9. The van der Waals surface area contributed by atoms with Crippen LogP contribution < -0.4 is 0 Å². The minimum absolute atomic E-state index is 0.0849. The zero-order valence-electron chi connectivity index (χ0n) is 9.34. The van der Waals surface area contributed by atoms with Gasteiger partial charge in [0.25, 0.3) is 0 Å². The van der Waals surface area contributed by atoms with Crippen LogP contribution in [0.15, 0.2) is 22.7 Å². The van der Waals surface area contributed by atoms with Crippen LogP contribution in [0.25, 0.3) is 0 Å². The topological polar surface area (TPSA) is 23.5 Å². The van der Waals surface area contributed by atoms with Crippen molar-refractivity contribution in [2.24, 2.45) is 0 Å². The van der Waals surface area contributed by atoms with E-state index < -0.39 is 18.5 Å². The molecular weight excluding hydrogens is 318 g/mol. The number of halogens is 5. The van der Waals surface area contributed by atoms with Crippen molar-refractivity contribution in [3.8, 4) is 0 Å².